The van der Waals surface area contributed by atoms with E-state index in [-0.39, 0.29) is 24.6 Å². The second-order valence-corrected chi connectivity index (χ2v) is 7.15. The number of allylic oxidation sites excluding steroid dienone is 1. The minimum Gasteiger partial charge on any atom is -0.393 e. The molecule has 2 aromatic rings. The number of hydrogen-bond donors (Lipinski definition) is 2. The van der Waals surface area contributed by atoms with Crippen LogP contribution in [-0.2, 0) is 23.3 Å². The number of nitrogens with one attached hydrogen (secondary N) is 1. The molecule has 3 rings (SSSR count). The van der Waals surface area contributed by atoms with E-state index in [1.807, 2.05) is 49.7 Å². The number of pyridine rings is 1. The van der Waals surface area contributed by atoms with Crippen LogP contribution in [0.5, 0.6) is 0 Å². The van der Waals surface area contributed by atoms with Crippen molar-refractivity contribution < 1.29 is 23.3 Å². The summed E-state index contributed by atoms with van der Waals surface area (Å²) in [5.41, 5.74) is 2.83. The van der Waals surface area contributed by atoms with Crippen LogP contribution in [0.4, 0.5) is 11.5 Å². The summed E-state index contributed by atoms with van der Waals surface area (Å²) in [7, 11) is 0. The number of anilines is 2. The van der Waals surface area contributed by atoms with E-state index in [9.17, 15) is 0 Å². The Morgan fingerprint density at radius 3 is 2.90 bits per heavy atom. The first-order valence-corrected chi connectivity index (χ1v) is 9.89. The fraction of sp³-hybridized carbons (Fsp3) is 0.318. The largest absolute Gasteiger partial charge is 2.00 e. The molecule has 0 amide bonds. The van der Waals surface area contributed by atoms with Gasteiger partial charge in [-0.2, -0.15) is 0 Å². The number of benzene rings is 1. The number of rotatable bonds is 5. The van der Waals surface area contributed by atoms with Gasteiger partial charge in [-0.3, -0.25) is 4.98 Å². The summed E-state index contributed by atoms with van der Waals surface area (Å²) in [6.45, 7) is 10.3. The van der Waals surface area contributed by atoms with Gasteiger partial charge in [0.15, 0.2) is 0 Å². The smallest absolute Gasteiger partial charge is 0.393 e. The van der Waals surface area contributed by atoms with Crippen LogP contribution in [0.2, 0.25) is 0 Å². The molecule has 5 nitrogen and oxygen atoms in total. The van der Waals surface area contributed by atoms with Crippen molar-refractivity contribution in [3.63, 3.8) is 0 Å². The molecule has 1 atom stereocenters. The van der Waals surface area contributed by atoms with Crippen LogP contribution >= 0.6 is 12.6 Å². The number of aryl methyl sites for hydroxylation is 1. The van der Waals surface area contributed by atoms with E-state index in [0.717, 1.165) is 46.3 Å². The fourth-order valence-electron chi connectivity index (χ4n) is 2.86. The molecule has 0 spiro atoms. The predicted octanol–water partition coefficient (Wildman–Crippen LogP) is 4.30. The average Bonchev–Trinajstić information content (AvgIpc) is 2.70. The first kappa shape index (κ1) is 23.6. The maximum Gasteiger partial charge on any atom is 2.00 e. The summed E-state index contributed by atoms with van der Waals surface area (Å²) in [5, 5.41) is 3.41. The predicted molar refractivity (Wildman–Crippen MR) is 118 cm³/mol. The summed E-state index contributed by atoms with van der Waals surface area (Å²) in [6.07, 6.45) is 6.62. The molecule has 29 heavy (non-hydrogen) atoms. The van der Waals surface area contributed by atoms with Crippen LogP contribution in [0.1, 0.15) is 24.5 Å². The SMILES string of the molecule is [CH2-]C1COCCN1c1[c-]c(C(=N/C=C/CC)Nc2ccc(S)cc2)c(C)cn1.[V+2]. The minimum atomic E-state index is 0. The maximum atomic E-state index is 5.49. The molecule has 1 unspecified atom stereocenters. The zero-order valence-electron chi connectivity index (χ0n) is 16.8. The van der Waals surface area contributed by atoms with E-state index in [1.54, 1.807) is 0 Å². The quantitative estimate of drug-likeness (QED) is 0.312. The van der Waals surface area contributed by atoms with Crippen molar-refractivity contribution in [1.29, 1.82) is 0 Å². The summed E-state index contributed by atoms with van der Waals surface area (Å²) in [5.74, 6) is 1.50. The molecule has 1 saturated heterocycles. The first-order chi connectivity index (χ1) is 13.6. The normalized spacial score (nSPS) is 17.3. The monoisotopic (exact) mass is 445 g/mol. The standard InChI is InChI=1S/C22H26N4OS.V/c1-4-5-10-23-22(25-18-6-8-19(28)9-7-18)20-13-21(24-14-16(20)2)26-11-12-27-15-17(26)3;/h5-10,14,17,28H,3-4,11-12,15H2,1-2H3,(H,23,25);/q-2;+2/b10-5+;. The van der Waals surface area contributed by atoms with Gasteiger partial charge in [-0.05, 0) is 36.9 Å². The zero-order chi connectivity index (χ0) is 19.9. The van der Waals surface area contributed by atoms with E-state index in [0.29, 0.717) is 13.2 Å². The fourth-order valence-corrected chi connectivity index (χ4v) is 3.01. The zero-order valence-corrected chi connectivity index (χ0v) is 19.1. The van der Waals surface area contributed by atoms with Crippen molar-refractivity contribution in [3.05, 3.63) is 66.9 Å². The number of aromatic nitrogens is 1. The second-order valence-electron chi connectivity index (χ2n) is 6.63. The Morgan fingerprint density at radius 2 is 2.21 bits per heavy atom. The molecule has 1 radical (unpaired) electrons. The van der Waals surface area contributed by atoms with Crippen LogP contribution < -0.4 is 10.2 Å². The molecule has 0 bridgehead atoms. The molecule has 7 heteroatoms. The first-order valence-electron chi connectivity index (χ1n) is 9.44. The van der Waals surface area contributed by atoms with E-state index in [1.165, 1.54) is 0 Å². The average molecular weight is 445 g/mol. The maximum absolute atomic E-state index is 5.49. The van der Waals surface area contributed by atoms with Crippen LogP contribution in [-0.4, -0.2) is 36.6 Å². The van der Waals surface area contributed by atoms with Gasteiger partial charge in [0.2, 0.25) is 0 Å². The Kier molecular flexibility index (Phi) is 9.30. The molecule has 151 valence electrons. The van der Waals surface area contributed by atoms with Crippen molar-refractivity contribution >= 4 is 30.0 Å². The third-order valence-electron chi connectivity index (χ3n) is 4.42. The third-order valence-corrected chi connectivity index (χ3v) is 4.72. The summed E-state index contributed by atoms with van der Waals surface area (Å²) in [6, 6.07) is 11.3. The number of amidine groups is 1. The molecule has 1 aromatic carbocycles. The molecule has 1 fully saturated rings. The number of ether oxygens (including phenoxy) is 1. The Morgan fingerprint density at radius 1 is 1.45 bits per heavy atom. The second kappa shape index (κ2) is 11.5. The number of thiol groups is 1. The van der Waals surface area contributed by atoms with E-state index < -0.39 is 0 Å². The van der Waals surface area contributed by atoms with E-state index in [4.69, 9.17) is 4.74 Å². The van der Waals surface area contributed by atoms with Gasteiger partial charge in [0.1, 0.15) is 0 Å². The number of aliphatic imine (C=N–C) groups is 1. The van der Waals surface area contributed by atoms with Gasteiger partial charge in [-0.25, -0.2) is 0 Å². The number of nitrogens with zero attached hydrogens (tertiary/aromatic N) is 3. The topological polar surface area (TPSA) is 49.8 Å². The van der Waals surface area contributed by atoms with Crippen LogP contribution in [0.15, 0.2) is 52.6 Å². The number of morpholine rings is 1. The third kappa shape index (κ3) is 6.38. The van der Waals surface area contributed by atoms with E-state index >= 15 is 0 Å². The van der Waals surface area contributed by atoms with Gasteiger partial charge in [0, 0.05) is 35.8 Å². The van der Waals surface area contributed by atoms with Crippen LogP contribution in [0.3, 0.4) is 0 Å². The molecule has 1 N–H and O–H groups in total. The Labute approximate surface area is 191 Å². The van der Waals surface area contributed by atoms with Gasteiger partial charge in [-0.1, -0.05) is 26.0 Å². The molecule has 0 saturated carbocycles. The van der Waals surface area contributed by atoms with Gasteiger partial charge >= 0.3 is 18.6 Å². The van der Waals surface area contributed by atoms with Crippen molar-refractivity contribution in [2.75, 3.05) is 30.0 Å². The van der Waals surface area contributed by atoms with Gasteiger partial charge in [0.25, 0.3) is 0 Å². The van der Waals surface area contributed by atoms with Crippen molar-refractivity contribution in [3.8, 4) is 0 Å². The van der Waals surface area contributed by atoms with Crippen LogP contribution in [0, 0.1) is 19.9 Å². The van der Waals surface area contributed by atoms with Crippen LogP contribution in [0.25, 0.3) is 0 Å². The van der Waals surface area contributed by atoms with E-state index in [2.05, 4.69) is 52.7 Å². The molecular weight excluding hydrogens is 419 g/mol. The minimum absolute atomic E-state index is 0. The van der Waals surface area contributed by atoms with Gasteiger partial charge < -0.3 is 26.9 Å². The van der Waals surface area contributed by atoms with Crippen molar-refractivity contribution in [2.45, 2.75) is 31.2 Å². The summed E-state index contributed by atoms with van der Waals surface area (Å²) in [4.78, 5) is 12.3. The molecular formula is C22H26N4OSV. The molecule has 1 aromatic heterocycles. The molecule has 0 aliphatic carbocycles. The Balaban J connectivity index is 0.00000300. The van der Waals surface area contributed by atoms with Gasteiger partial charge in [0.05, 0.1) is 12.4 Å². The summed E-state index contributed by atoms with van der Waals surface area (Å²) < 4.78 is 5.49. The summed E-state index contributed by atoms with van der Waals surface area (Å²) >= 11 is 4.35. The molecule has 1 aliphatic heterocycles. The Bertz CT molecular complexity index is 854. The molecule has 1 aliphatic rings. The van der Waals surface area contributed by atoms with Crippen molar-refractivity contribution in [1.82, 2.24) is 4.98 Å². The Hall–Kier alpha value is -1.73. The number of hydrogen-bond acceptors (Lipinski definition) is 5. The van der Waals surface area contributed by atoms with Gasteiger partial charge in [-0.15, -0.1) is 29.8 Å². The molecule has 2 heterocycles. The van der Waals surface area contributed by atoms with Crippen molar-refractivity contribution in [2.24, 2.45) is 4.99 Å².